The zero-order chi connectivity index (χ0) is 22.6. The summed E-state index contributed by atoms with van der Waals surface area (Å²) in [6.07, 6.45) is 0. The molecular weight excluding hydrogens is 446 g/mol. The molecule has 0 aliphatic carbocycles. The highest BCUT2D eigenvalue weighted by Crippen LogP contribution is 2.48. The van der Waals surface area contributed by atoms with Gasteiger partial charge in [-0.25, -0.2) is 9.78 Å². The first-order valence-electron chi connectivity index (χ1n) is 9.82. The number of hydrogen-bond donors (Lipinski definition) is 0. The van der Waals surface area contributed by atoms with Gasteiger partial charge in [0.2, 0.25) is 5.91 Å². The van der Waals surface area contributed by atoms with E-state index in [2.05, 4.69) is 4.98 Å². The lowest BCUT2D eigenvalue weighted by molar-refractivity contribution is -0.115. The van der Waals surface area contributed by atoms with Crippen LogP contribution in [0.3, 0.4) is 0 Å². The molecule has 1 aliphatic rings. The molecule has 162 valence electrons. The molecule has 0 radical (unpaired) electrons. The monoisotopic (exact) mass is 465 g/mol. The van der Waals surface area contributed by atoms with Gasteiger partial charge >= 0.3 is 5.69 Å². The Labute approximate surface area is 191 Å². The number of nitrogens with zero attached hydrogens (tertiary/aromatic N) is 5. The summed E-state index contributed by atoms with van der Waals surface area (Å²) in [5.41, 5.74) is 1.49. The molecular formula is C22H19N5O3S2. The third kappa shape index (κ3) is 3.09. The van der Waals surface area contributed by atoms with Crippen molar-refractivity contribution in [1.29, 1.82) is 0 Å². The van der Waals surface area contributed by atoms with Crippen molar-refractivity contribution in [3.8, 4) is 0 Å². The highest BCUT2D eigenvalue weighted by atomic mass is 32.2. The van der Waals surface area contributed by atoms with Gasteiger partial charge in [-0.1, -0.05) is 47.8 Å². The van der Waals surface area contributed by atoms with Crippen molar-refractivity contribution in [2.75, 3.05) is 10.7 Å². The van der Waals surface area contributed by atoms with Gasteiger partial charge < -0.3 is 4.57 Å². The van der Waals surface area contributed by atoms with Crippen LogP contribution in [-0.2, 0) is 25.9 Å². The number of para-hydroxylation sites is 2. The zero-order valence-corrected chi connectivity index (χ0v) is 19.2. The quantitative estimate of drug-likeness (QED) is 0.433. The van der Waals surface area contributed by atoms with E-state index >= 15 is 0 Å². The van der Waals surface area contributed by atoms with Crippen molar-refractivity contribution < 1.29 is 4.79 Å². The molecule has 0 saturated carbocycles. The van der Waals surface area contributed by atoms with E-state index in [4.69, 9.17) is 0 Å². The number of hydrogen-bond acceptors (Lipinski definition) is 6. The van der Waals surface area contributed by atoms with E-state index in [1.807, 2.05) is 48.5 Å². The van der Waals surface area contributed by atoms with Gasteiger partial charge in [-0.2, -0.15) is 0 Å². The summed E-state index contributed by atoms with van der Waals surface area (Å²) in [6, 6.07) is 15.6. The lowest BCUT2D eigenvalue weighted by Crippen LogP contribution is -2.37. The zero-order valence-electron chi connectivity index (χ0n) is 17.6. The molecule has 0 atom stereocenters. The predicted octanol–water partition coefficient (Wildman–Crippen LogP) is 2.89. The molecule has 0 N–H and O–H groups in total. The number of amides is 1. The van der Waals surface area contributed by atoms with Crippen LogP contribution in [0.25, 0.3) is 11.2 Å². The molecule has 1 amide bonds. The fraction of sp³-hybridized carbons (Fsp3) is 0.182. The molecule has 0 saturated heterocycles. The molecule has 2 aromatic heterocycles. The van der Waals surface area contributed by atoms with Crippen molar-refractivity contribution in [2.24, 2.45) is 21.1 Å². The van der Waals surface area contributed by atoms with Gasteiger partial charge in [-0.05, 0) is 24.3 Å². The van der Waals surface area contributed by atoms with E-state index in [0.29, 0.717) is 16.3 Å². The molecule has 32 heavy (non-hydrogen) atoms. The van der Waals surface area contributed by atoms with Gasteiger partial charge in [0.05, 0.1) is 17.1 Å². The standard InChI is InChI=1S/C22H19N5O3S2/c1-24-18-19(25(2)22(30)26(3)20(18)29)23-21(24)31-12-17(28)27-13-8-4-6-10-15(13)32-16-11-7-5-9-14(16)27/h4-11H,12H2,1-3H3. The van der Waals surface area contributed by atoms with E-state index in [1.54, 1.807) is 35.3 Å². The largest absolute Gasteiger partial charge is 0.332 e. The van der Waals surface area contributed by atoms with Gasteiger partial charge in [-0.3, -0.25) is 23.6 Å². The Morgan fingerprint density at radius 2 is 1.50 bits per heavy atom. The maximum Gasteiger partial charge on any atom is 0.332 e. The number of imidazole rings is 1. The maximum absolute atomic E-state index is 13.4. The molecule has 0 unspecified atom stereocenters. The Hall–Kier alpha value is -3.24. The van der Waals surface area contributed by atoms with Crippen molar-refractivity contribution >= 4 is 52.0 Å². The molecule has 1 aliphatic heterocycles. The van der Waals surface area contributed by atoms with E-state index in [9.17, 15) is 14.4 Å². The number of aryl methyl sites for hydroxylation is 2. The number of aromatic nitrogens is 4. The second-order valence-corrected chi connectivity index (χ2v) is 9.41. The summed E-state index contributed by atoms with van der Waals surface area (Å²) in [6.45, 7) is 0. The Balaban J connectivity index is 1.50. The van der Waals surface area contributed by atoms with E-state index in [0.717, 1.165) is 25.7 Å². The normalized spacial score (nSPS) is 12.7. The smallest absolute Gasteiger partial charge is 0.316 e. The third-order valence-corrected chi connectivity index (χ3v) is 7.59. The molecule has 0 spiro atoms. The van der Waals surface area contributed by atoms with Crippen molar-refractivity contribution in [2.45, 2.75) is 14.9 Å². The number of carbonyl (C=O) groups is 1. The van der Waals surface area contributed by atoms with Crippen LogP contribution >= 0.6 is 23.5 Å². The Morgan fingerprint density at radius 3 is 2.12 bits per heavy atom. The van der Waals surface area contributed by atoms with Crippen LogP contribution in [0.15, 0.2) is 73.1 Å². The first-order chi connectivity index (χ1) is 15.4. The molecule has 10 heteroatoms. The van der Waals surface area contributed by atoms with Gasteiger partial charge in [-0.15, -0.1) is 0 Å². The number of thioether (sulfide) groups is 1. The SMILES string of the molecule is Cn1c(=O)c2c(nc(SCC(=O)N3c4ccccc4Sc4ccccc43)n2C)n(C)c1=O. The Kier molecular flexibility index (Phi) is 4.98. The average Bonchev–Trinajstić information content (AvgIpc) is 3.14. The highest BCUT2D eigenvalue weighted by Gasteiger charge is 2.28. The minimum Gasteiger partial charge on any atom is -0.316 e. The highest BCUT2D eigenvalue weighted by molar-refractivity contribution is 8.00. The lowest BCUT2D eigenvalue weighted by atomic mass is 10.2. The van der Waals surface area contributed by atoms with Crippen LogP contribution in [0.1, 0.15) is 0 Å². The summed E-state index contributed by atoms with van der Waals surface area (Å²) in [4.78, 5) is 46.5. The van der Waals surface area contributed by atoms with Gasteiger partial charge in [0, 0.05) is 30.9 Å². The second kappa shape index (κ2) is 7.72. The molecule has 8 nitrogen and oxygen atoms in total. The van der Waals surface area contributed by atoms with Crippen LogP contribution in [0.4, 0.5) is 11.4 Å². The summed E-state index contributed by atoms with van der Waals surface area (Å²) >= 11 is 2.89. The molecule has 3 heterocycles. The van der Waals surface area contributed by atoms with Crippen LogP contribution in [0, 0.1) is 0 Å². The maximum atomic E-state index is 13.4. The van der Waals surface area contributed by atoms with Gasteiger partial charge in [0.15, 0.2) is 16.3 Å². The number of rotatable bonds is 3. The van der Waals surface area contributed by atoms with E-state index in [-0.39, 0.29) is 11.7 Å². The minimum absolute atomic E-state index is 0.0935. The first-order valence-corrected chi connectivity index (χ1v) is 11.6. The van der Waals surface area contributed by atoms with Crippen LogP contribution in [0.5, 0.6) is 0 Å². The van der Waals surface area contributed by atoms with Crippen LogP contribution in [-0.4, -0.2) is 30.3 Å². The van der Waals surface area contributed by atoms with Crippen molar-refractivity contribution in [1.82, 2.24) is 18.7 Å². The number of fused-ring (bicyclic) bond motifs is 3. The van der Waals surface area contributed by atoms with E-state index in [1.165, 1.54) is 23.4 Å². The summed E-state index contributed by atoms with van der Waals surface area (Å²) in [7, 11) is 4.74. The predicted molar refractivity (Wildman–Crippen MR) is 126 cm³/mol. The molecule has 0 fully saturated rings. The second-order valence-electron chi connectivity index (χ2n) is 7.39. The molecule has 5 rings (SSSR count). The average molecular weight is 466 g/mol. The van der Waals surface area contributed by atoms with Crippen molar-refractivity contribution in [3.05, 3.63) is 69.4 Å². The summed E-state index contributed by atoms with van der Waals surface area (Å²) in [5.74, 6) is 0.0303. The third-order valence-electron chi connectivity index (χ3n) is 5.44. The van der Waals surface area contributed by atoms with Crippen LogP contribution < -0.4 is 16.1 Å². The molecule has 0 bridgehead atoms. The van der Waals surface area contributed by atoms with Crippen molar-refractivity contribution in [3.63, 3.8) is 0 Å². The lowest BCUT2D eigenvalue weighted by Gasteiger charge is -2.30. The van der Waals surface area contributed by atoms with E-state index < -0.39 is 11.2 Å². The van der Waals surface area contributed by atoms with Gasteiger partial charge in [0.25, 0.3) is 5.56 Å². The Bertz CT molecular complexity index is 1470. The van der Waals surface area contributed by atoms with Gasteiger partial charge in [0.1, 0.15) is 0 Å². The number of carbonyl (C=O) groups excluding carboxylic acids is 1. The van der Waals surface area contributed by atoms with Crippen LogP contribution in [0.2, 0.25) is 0 Å². The summed E-state index contributed by atoms with van der Waals surface area (Å²) < 4.78 is 4.04. The molecule has 2 aromatic carbocycles. The molecule has 4 aromatic rings. The fourth-order valence-electron chi connectivity index (χ4n) is 3.79. The fourth-order valence-corrected chi connectivity index (χ4v) is 5.67. The number of anilines is 2. The summed E-state index contributed by atoms with van der Waals surface area (Å²) in [5, 5.41) is 0.500. The topological polar surface area (TPSA) is 82.1 Å². The minimum atomic E-state index is -0.438. The first kappa shape index (κ1) is 20.7. The number of benzene rings is 2. The Morgan fingerprint density at radius 1 is 0.906 bits per heavy atom.